The van der Waals surface area contributed by atoms with Crippen molar-refractivity contribution < 1.29 is 19.0 Å². The lowest BCUT2D eigenvalue weighted by molar-refractivity contribution is 0.0161. The molecular formula is C23H26N4O4. The van der Waals surface area contributed by atoms with Crippen molar-refractivity contribution in [3.05, 3.63) is 59.9 Å². The quantitative estimate of drug-likeness (QED) is 0.626. The minimum atomic E-state index is -0.253. The predicted molar refractivity (Wildman–Crippen MR) is 117 cm³/mol. The molecular weight excluding hydrogens is 396 g/mol. The molecule has 4 rings (SSSR count). The number of amides is 1. The smallest absolute Gasteiger partial charge is 0.271 e. The van der Waals surface area contributed by atoms with Gasteiger partial charge in [-0.1, -0.05) is 18.2 Å². The number of nitrogens with one attached hydrogen (secondary N) is 1. The van der Waals surface area contributed by atoms with E-state index in [9.17, 15) is 4.79 Å². The minimum Gasteiger partial charge on any atom is -0.493 e. The average molecular weight is 422 g/mol. The molecule has 162 valence electrons. The topological polar surface area (TPSA) is 85.8 Å². The maximum atomic E-state index is 12.8. The Morgan fingerprint density at radius 2 is 1.84 bits per heavy atom. The van der Waals surface area contributed by atoms with E-state index < -0.39 is 0 Å². The molecule has 1 N–H and O–H groups in total. The summed E-state index contributed by atoms with van der Waals surface area (Å²) in [6, 6.07) is 13.3. The van der Waals surface area contributed by atoms with Crippen LogP contribution in [0.3, 0.4) is 0 Å². The number of hydrogen-bond donors (Lipinski definition) is 1. The molecule has 1 unspecified atom stereocenters. The number of nitrogens with zero attached hydrogens (tertiary/aromatic N) is 3. The summed E-state index contributed by atoms with van der Waals surface area (Å²) in [6.45, 7) is 3.31. The third-order valence-corrected chi connectivity index (χ3v) is 5.42. The first-order valence-corrected chi connectivity index (χ1v) is 10.2. The number of fused-ring (bicyclic) bond motifs is 1. The second-order valence-corrected chi connectivity index (χ2v) is 7.23. The molecule has 1 aliphatic heterocycles. The van der Waals surface area contributed by atoms with E-state index in [4.69, 9.17) is 14.2 Å². The van der Waals surface area contributed by atoms with Crippen molar-refractivity contribution in [2.75, 3.05) is 47.1 Å². The van der Waals surface area contributed by atoms with Crippen LogP contribution >= 0.6 is 0 Å². The zero-order valence-corrected chi connectivity index (χ0v) is 17.7. The van der Waals surface area contributed by atoms with Crippen molar-refractivity contribution >= 4 is 16.9 Å². The molecule has 1 aromatic heterocycles. The number of methoxy groups -OCH3 is 2. The summed E-state index contributed by atoms with van der Waals surface area (Å²) >= 11 is 0. The first-order chi connectivity index (χ1) is 15.2. The van der Waals surface area contributed by atoms with Crippen LogP contribution in [0.1, 0.15) is 22.1 Å². The highest BCUT2D eigenvalue weighted by atomic mass is 16.5. The summed E-state index contributed by atoms with van der Waals surface area (Å²) in [7, 11) is 3.23. The number of hydrogen-bond acceptors (Lipinski definition) is 7. The first kappa shape index (κ1) is 21.0. The molecule has 2 heterocycles. The van der Waals surface area contributed by atoms with Crippen LogP contribution in [0.25, 0.3) is 11.0 Å². The predicted octanol–water partition coefficient (Wildman–Crippen LogP) is 2.45. The van der Waals surface area contributed by atoms with Crippen LogP contribution in [0.5, 0.6) is 11.5 Å². The maximum absolute atomic E-state index is 12.8. The molecule has 0 spiro atoms. The van der Waals surface area contributed by atoms with Gasteiger partial charge in [-0.15, -0.1) is 0 Å². The molecule has 0 saturated carbocycles. The molecule has 1 amide bonds. The third-order valence-electron chi connectivity index (χ3n) is 5.42. The fourth-order valence-corrected chi connectivity index (χ4v) is 3.75. The number of morpholine rings is 1. The second-order valence-electron chi connectivity index (χ2n) is 7.23. The van der Waals surface area contributed by atoms with Crippen molar-refractivity contribution in [1.82, 2.24) is 20.2 Å². The molecule has 1 fully saturated rings. The molecule has 3 aromatic rings. The van der Waals surface area contributed by atoms with Crippen LogP contribution in [0.4, 0.5) is 0 Å². The van der Waals surface area contributed by atoms with E-state index in [0.717, 1.165) is 24.2 Å². The van der Waals surface area contributed by atoms with Crippen molar-refractivity contribution in [1.29, 1.82) is 0 Å². The number of carbonyl (C=O) groups is 1. The zero-order chi connectivity index (χ0) is 21.6. The number of aromatic nitrogens is 2. The van der Waals surface area contributed by atoms with E-state index in [1.165, 1.54) is 6.20 Å². The van der Waals surface area contributed by atoms with Gasteiger partial charge >= 0.3 is 0 Å². The normalized spacial score (nSPS) is 15.4. The fraction of sp³-hybridized carbons (Fsp3) is 0.348. The first-order valence-electron chi connectivity index (χ1n) is 10.2. The van der Waals surface area contributed by atoms with E-state index in [1.54, 1.807) is 14.2 Å². The van der Waals surface area contributed by atoms with Gasteiger partial charge in [0, 0.05) is 19.6 Å². The maximum Gasteiger partial charge on any atom is 0.271 e. The van der Waals surface area contributed by atoms with Crippen LogP contribution in [-0.4, -0.2) is 67.8 Å². The Morgan fingerprint density at radius 3 is 2.58 bits per heavy atom. The van der Waals surface area contributed by atoms with Crippen LogP contribution < -0.4 is 14.8 Å². The van der Waals surface area contributed by atoms with Crippen LogP contribution in [0.2, 0.25) is 0 Å². The van der Waals surface area contributed by atoms with Crippen LogP contribution in [-0.2, 0) is 4.74 Å². The van der Waals surface area contributed by atoms with E-state index in [2.05, 4.69) is 20.2 Å². The molecule has 31 heavy (non-hydrogen) atoms. The van der Waals surface area contributed by atoms with Gasteiger partial charge in [0.15, 0.2) is 11.5 Å². The molecule has 0 radical (unpaired) electrons. The minimum absolute atomic E-state index is 0.0407. The van der Waals surface area contributed by atoms with E-state index in [-0.39, 0.29) is 11.9 Å². The van der Waals surface area contributed by atoms with Crippen LogP contribution in [0.15, 0.2) is 48.7 Å². The Bertz CT molecular complexity index is 1050. The Labute approximate surface area is 181 Å². The SMILES string of the molecule is COc1ccc(C(CNC(=O)c2cnc3ccccc3n2)N2CCOCC2)cc1OC. The highest BCUT2D eigenvalue weighted by Crippen LogP contribution is 2.32. The van der Waals surface area contributed by atoms with Crippen molar-refractivity contribution in [2.24, 2.45) is 0 Å². The van der Waals surface area contributed by atoms with Gasteiger partial charge in [-0.2, -0.15) is 0 Å². The zero-order valence-electron chi connectivity index (χ0n) is 17.7. The van der Waals surface area contributed by atoms with Gasteiger partial charge < -0.3 is 19.5 Å². The molecule has 1 aliphatic rings. The monoisotopic (exact) mass is 422 g/mol. The lowest BCUT2D eigenvalue weighted by Crippen LogP contribution is -2.44. The van der Waals surface area contributed by atoms with Gasteiger partial charge in [-0.05, 0) is 29.8 Å². The Hall–Kier alpha value is -3.23. The molecule has 0 aliphatic carbocycles. The lowest BCUT2D eigenvalue weighted by Gasteiger charge is -2.35. The number of carbonyl (C=O) groups excluding carboxylic acids is 1. The van der Waals surface area contributed by atoms with Crippen LogP contribution in [0, 0.1) is 0 Å². The second kappa shape index (κ2) is 9.72. The third kappa shape index (κ3) is 4.76. The average Bonchev–Trinajstić information content (AvgIpc) is 2.84. The Kier molecular flexibility index (Phi) is 6.59. The molecule has 8 nitrogen and oxygen atoms in total. The summed E-state index contributed by atoms with van der Waals surface area (Å²) in [5, 5.41) is 3.03. The summed E-state index contributed by atoms with van der Waals surface area (Å²) < 4.78 is 16.4. The van der Waals surface area contributed by atoms with Gasteiger partial charge in [-0.3, -0.25) is 14.7 Å². The molecule has 1 atom stereocenters. The van der Waals surface area contributed by atoms with Gasteiger partial charge in [0.1, 0.15) is 5.69 Å². The number of ether oxygens (including phenoxy) is 3. The molecule has 1 saturated heterocycles. The van der Waals surface area contributed by atoms with Crippen molar-refractivity contribution in [3.8, 4) is 11.5 Å². The lowest BCUT2D eigenvalue weighted by atomic mass is 10.0. The standard InChI is InChI=1S/C23H26N4O4/c1-29-21-8-7-16(13-22(21)30-2)20(27-9-11-31-12-10-27)15-25-23(28)19-14-24-17-5-3-4-6-18(17)26-19/h3-8,13-14,20H,9-12,15H2,1-2H3,(H,25,28). The molecule has 0 bridgehead atoms. The number of rotatable bonds is 7. The van der Waals surface area contributed by atoms with Gasteiger partial charge in [0.05, 0.1) is 50.7 Å². The summed E-state index contributed by atoms with van der Waals surface area (Å²) in [4.78, 5) is 23.9. The Morgan fingerprint density at radius 1 is 1.10 bits per heavy atom. The van der Waals surface area contributed by atoms with Gasteiger partial charge in [0.2, 0.25) is 0 Å². The highest BCUT2D eigenvalue weighted by Gasteiger charge is 2.25. The molecule has 8 heteroatoms. The number of para-hydroxylation sites is 2. The van der Waals surface area contributed by atoms with Gasteiger partial charge in [0.25, 0.3) is 5.91 Å². The van der Waals surface area contributed by atoms with Crippen molar-refractivity contribution in [3.63, 3.8) is 0 Å². The van der Waals surface area contributed by atoms with Crippen molar-refractivity contribution in [2.45, 2.75) is 6.04 Å². The summed E-state index contributed by atoms with van der Waals surface area (Å²) in [5.41, 5.74) is 2.78. The highest BCUT2D eigenvalue weighted by molar-refractivity contribution is 5.93. The summed E-state index contributed by atoms with van der Waals surface area (Å²) in [5.74, 6) is 1.07. The van der Waals surface area contributed by atoms with E-state index >= 15 is 0 Å². The Balaban J connectivity index is 1.55. The van der Waals surface area contributed by atoms with E-state index in [0.29, 0.717) is 42.5 Å². The molecule has 2 aromatic carbocycles. The van der Waals surface area contributed by atoms with E-state index in [1.807, 2.05) is 42.5 Å². The number of benzene rings is 2. The van der Waals surface area contributed by atoms with Gasteiger partial charge in [-0.25, -0.2) is 4.98 Å². The fourth-order valence-electron chi connectivity index (χ4n) is 3.75. The summed E-state index contributed by atoms with van der Waals surface area (Å²) in [6.07, 6.45) is 1.51. The largest absolute Gasteiger partial charge is 0.493 e.